The lowest BCUT2D eigenvalue weighted by molar-refractivity contribution is -0.274. The summed E-state index contributed by atoms with van der Waals surface area (Å²) in [6.07, 6.45) is -2.74. The molecule has 0 bridgehead atoms. The van der Waals surface area contributed by atoms with Gasteiger partial charge in [-0.1, -0.05) is 38.8 Å². The molecule has 9 heteroatoms. The van der Waals surface area contributed by atoms with Gasteiger partial charge >= 0.3 is 6.36 Å². The summed E-state index contributed by atoms with van der Waals surface area (Å²) in [5.74, 6) is 0.163. The van der Waals surface area contributed by atoms with Crippen LogP contribution >= 0.6 is 0 Å². The molecule has 1 saturated heterocycles. The minimum atomic E-state index is -4.78. The number of morpholine rings is 1. The molecule has 0 spiro atoms. The lowest BCUT2D eigenvalue weighted by Gasteiger charge is -2.38. The fraction of sp³-hybridized carbons (Fsp3) is 0.632. The maximum absolute atomic E-state index is 12.6. The summed E-state index contributed by atoms with van der Waals surface area (Å²) in [4.78, 5) is 6.77. The topological polar surface area (TPSA) is 72.1 Å². The molecule has 28 heavy (non-hydrogen) atoms. The lowest BCUT2D eigenvalue weighted by atomic mass is 9.92. The lowest BCUT2D eigenvalue weighted by Crippen LogP contribution is -2.48. The average molecular weight is 402 g/mol. The number of nitrogens with zero attached hydrogens (tertiary/aromatic N) is 2. The van der Waals surface area contributed by atoms with E-state index in [1.165, 1.54) is 18.2 Å². The Bertz CT molecular complexity index is 630. The van der Waals surface area contributed by atoms with Crippen LogP contribution in [0.3, 0.4) is 0 Å². The third-order valence-electron chi connectivity index (χ3n) is 4.93. The molecule has 1 aliphatic heterocycles. The summed E-state index contributed by atoms with van der Waals surface area (Å²) in [5, 5.41) is 2.73. The second kappa shape index (κ2) is 10.5. The summed E-state index contributed by atoms with van der Waals surface area (Å²) < 4.78 is 47.1. The monoisotopic (exact) mass is 402 g/mol. The molecule has 1 fully saturated rings. The number of nitrogens with one attached hydrogen (secondary N) is 1. The van der Waals surface area contributed by atoms with Crippen LogP contribution in [0, 0.1) is 5.92 Å². The summed E-state index contributed by atoms with van der Waals surface area (Å²) in [5.41, 5.74) is 6.08. The van der Waals surface area contributed by atoms with Gasteiger partial charge in [0, 0.05) is 19.1 Å². The summed E-state index contributed by atoms with van der Waals surface area (Å²) in [7, 11) is 0. The largest absolute Gasteiger partial charge is 0.573 e. The highest BCUT2D eigenvalue weighted by atomic mass is 19.4. The zero-order valence-electron chi connectivity index (χ0n) is 16.3. The number of benzene rings is 1. The van der Waals surface area contributed by atoms with Crippen molar-refractivity contribution in [2.24, 2.45) is 16.6 Å². The molecule has 2 rings (SSSR count). The Balaban J connectivity index is 2.08. The minimum absolute atomic E-state index is 0.0578. The van der Waals surface area contributed by atoms with Gasteiger partial charge < -0.3 is 20.5 Å². The van der Waals surface area contributed by atoms with Crippen molar-refractivity contribution < 1.29 is 22.6 Å². The molecule has 0 saturated carbocycles. The highest BCUT2D eigenvalue weighted by molar-refractivity contribution is 5.93. The standard InChI is InChI=1S/C19H29F3N4O2/c1-3-14(4-2)16(26-9-11-27-12-10-26)13-24-18(23)25-15-7-5-6-8-17(15)28-19(20,21)22/h5-8,14,16H,3-4,9-13H2,1-2H3,(H3,23,24,25). The van der Waals surface area contributed by atoms with E-state index >= 15 is 0 Å². The van der Waals surface area contributed by atoms with Crippen molar-refractivity contribution in [3.8, 4) is 5.75 Å². The van der Waals surface area contributed by atoms with Gasteiger partial charge in [0.15, 0.2) is 11.7 Å². The van der Waals surface area contributed by atoms with Gasteiger partial charge in [-0.3, -0.25) is 9.89 Å². The third-order valence-corrected chi connectivity index (χ3v) is 4.93. The number of aliphatic imine (C=N–C) groups is 1. The molecule has 0 radical (unpaired) electrons. The van der Waals surface area contributed by atoms with Crippen LogP contribution < -0.4 is 15.8 Å². The van der Waals surface area contributed by atoms with E-state index < -0.39 is 6.36 Å². The summed E-state index contributed by atoms with van der Waals surface area (Å²) in [6, 6.07) is 5.95. The molecule has 0 aliphatic carbocycles. The molecule has 1 aromatic rings. The van der Waals surface area contributed by atoms with E-state index in [4.69, 9.17) is 10.5 Å². The molecule has 1 unspecified atom stereocenters. The molecule has 1 aromatic carbocycles. The predicted octanol–water partition coefficient (Wildman–Crippen LogP) is 3.45. The van der Waals surface area contributed by atoms with Gasteiger partial charge in [0.2, 0.25) is 0 Å². The molecule has 3 N–H and O–H groups in total. The molecule has 1 heterocycles. The molecule has 1 atom stereocenters. The maximum Gasteiger partial charge on any atom is 0.573 e. The number of halogens is 3. The van der Waals surface area contributed by atoms with E-state index in [-0.39, 0.29) is 23.4 Å². The minimum Gasteiger partial charge on any atom is -0.404 e. The maximum atomic E-state index is 12.6. The average Bonchev–Trinajstić information content (AvgIpc) is 2.66. The van der Waals surface area contributed by atoms with Crippen molar-refractivity contribution in [2.45, 2.75) is 39.1 Å². The van der Waals surface area contributed by atoms with Crippen LogP contribution in [0.4, 0.5) is 18.9 Å². The Morgan fingerprint density at radius 1 is 1.25 bits per heavy atom. The normalized spacial score (nSPS) is 17.6. The number of alkyl halides is 3. The zero-order valence-corrected chi connectivity index (χ0v) is 16.3. The molecule has 6 nitrogen and oxygen atoms in total. The SMILES string of the molecule is CCC(CC)C(CN=C(N)Nc1ccccc1OC(F)(F)F)N1CCOCC1. The first-order valence-electron chi connectivity index (χ1n) is 9.57. The van der Waals surface area contributed by atoms with Crippen molar-refractivity contribution >= 4 is 11.6 Å². The smallest absolute Gasteiger partial charge is 0.404 e. The zero-order chi connectivity index (χ0) is 20.6. The van der Waals surface area contributed by atoms with Gasteiger partial charge in [0.1, 0.15) is 0 Å². The number of ether oxygens (including phenoxy) is 2. The highest BCUT2D eigenvalue weighted by Gasteiger charge is 2.32. The van der Waals surface area contributed by atoms with Crippen LogP contribution in [0.2, 0.25) is 0 Å². The second-order valence-electron chi connectivity index (χ2n) is 6.69. The van der Waals surface area contributed by atoms with Crippen molar-refractivity contribution in [2.75, 3.05) is 38.2 Å². The molecule has 0 aromatic heterocycles. The fourth-order valence-electron chi connectivity index (χ4n) is 3.46. The van der Waals surface area contributed by atoms with Crippen LogP contribution in [-0.4, -0.2) is 56.1 Å². The van der Waals surface area contributed by atoms with E-state index in [9.17, 15) is 13.2 Å². The van der Waals surface area contributed by atoms with E-state index in [0.717, 1.165) is 25.9 Å². The number of para-hydroxylation sites is 2. The van der Waals surface area contributed by atoms with Gasteiger partial charge in [-0.05, 0) is 18.1 Å². The van der Waals surface area contributed by atoms with Crippen LogP contribution in [0.25, 0.3) is 0 Å². The number of guanidine groups is 1. The van der Waals surface area contributed by atoms with E-state index in [1.54, 1.807) is 6.07 Å². The van der Waals surface area contributed by atoms with E-state index in [0.29, 0.717) is 25.7 Å². The quantitative estimate of drug-likeness (QED) is 0.515. The first-order chi connectivity index (χ1) is 13.3. The molecular formula is C19H29F3N4O2. The van der Waals surface area contributed by atoms with Crippen molar-refractivity contribution in [3.63, 3.8) is 0 Å². The van der Waals surface area contributed by atoms with Crippen molar-refractivity contribution in [3.05, 3.63) is 24.3 Å². The van der Waals surface area contributed by atoms with E-state index in [1.807, 2.05) is 0 Å². The van der Waals surface area contributed by atoms with Crippen LogP contribution in [0.1, 0.15) is 26.7 Å². The number of rotatable bonds is 8. The molecular weight excluding hydrogens is 373 g/mol. The number of hydrogen-bond acceptors (Lipinski definition) is 4. The van der Waals surface area contributed by atoms with Gasteiger partial charge in [0.25, 0.3) is 0 Å². The van der Waals surface area contributed by atoms with Crippen LogP contribution in [0.15, 0.2) is 29.3 Å². The Morgan fingerprint density at radius 2 is 1.89 bits per heavy atom. The van der Waals surface area contributed by atoms with Gasteiger partial charge in [0.05, 0.1) is 25.4 Å². The number of anilines is 1. The summed E-state index contributed by atoms with van der Waals surface area (Å²) in [6.45, 7) is 7.83. The molecule has 0 amide bonds. The summed E-state index contributed by atoms with van der Waals surface area (Å²) >= 11 is 0. The molecule has 158 valence electrons. The number of nitrogens with two attached hydrogens (primary N) is 1. The van der Waals surface area contributed by atoms with Gasteiger partial charge in [-0.15, -0.1) is 13.2 Å². The predicted molar refractivity (Wildman–Crippen MR) is 103 cm³/mol. The Hall–Kier alpha value is -2.00. The van der Waals surface area contributed by atoms with Gasteiger partial charge in [-0.25, -0.2) is 0 Å². The Kier molecular flexibility index (Phi) is 8.37. The second-order valence-corrected chi connectivity index (χ2v) is 6.69. The van der Waals surface area contributed by atoms with Crippen molar-refractivity contribution in [1.29, 1.82) is 0 Å². The van der Waals surface area contributed by atoms with Crippen LogP contribution in [-0.2, 0) is 4.74 Å². The number of hydrogen-bond donors (Lipinski definition) is 2. The Labute approximate surface area is 163 Å². The fourth-order valence-corrected chi connectivity index (χ4v) is 3.46. The first-order valence-corrected chi connectivity index (χ1v) is 9.57. The van der Waals surface area contributed by atoms with Crippen LogP contribution in [0.5, 0.6) is 5.75 Å². The highest BCUT2D eigenvalue weighted by Crippen LogP contribution is 2.29. The third kappa shape index (κ3) is 6.87. The molecule has 1 aliphatic rings. The van der Waals surface area contributed by atoms with Gasteiger partial charge in [-0.2, -0.15) is 0 Å². The Morgan fingerprint density at radius 3 is 2.50 bits per heavy atom. The van der Waals surface area contributed by atoms with E-state index in [2.05, 4.69) is 33.8 Å². The first kappa shape index (κ1) is 22.3. The van der Waals surface area contributed by atoms with Crippen molar-refractivity contribution in [1.82, 2.24) is 4.90 Å².